The van der Waals surface area contributed by atoms with Crippen LogP contribution in [0.2, 0.25) is 0 Å². The van der Waals surface area contributed by atoms with Crippen LogP contribution in [0.15, 0.2) is 12.3 Å². The van der Waals surface area contributed by atoms with E-state index in [1.54, 1.807) is 0 Å². The minimum absolute atomic E-state index is 0.113. The number of nitrogens with zero attached hydrogens (tertiary/aromatic N) is 3. The molecule has 1 amide bonds. The molecule has 1 saturated carbocycles. The van der Waals surface area contributed by atoms with Crippen molar-refractivity contribution in [1.82, 2.24) is 15.1 Å². The van der Waals surface area contributed by atoms with Crippen LogP contribution in [0.5, 0.6) is 0 Å². The van der Waals surface area contributed by atoms with E-state index >= 15 is 0 Å². The summed E-state index contributed by atoms with van der Waals surface area (Å²) in [6, 6.07) is 2.81. The minimum atomic E-state index is -0.848. The zero-order chi connectivity index (χ0) is 18.1. The van der Waals surface area contributed by atoms with Crippen LogP contribution in [0.25, 0.3) is 0 Å². The Morgan fingerprint density at radius 2 is 2.29 bits per heavy atom. The van der Waals surface area contributed by atoms with Crippen molar-refractivity contribution in [3.8, 4) is 6.07 Å². The quantitative estimate of drug-likeness (QED) is 0.736. The molecule has 1 aliphatic heterocycles. The number of aliphatic hydroxyl groups excluding tert-OH is 1. The number of hydrogen-bond acceptors (Lipinski definition) is 5. The third-order valence-corrected chi connectivity index (χ3v) is 5.44. The number of nitriles is 1. The fraction of sp³-hybridized carbons (Fsp3) is 0.778. The summed E-state index contributed by atoms with van der Waals surface area (Å²) in [6.45, 7) is 13.5. The van der Waals surface area contributed by atoms with Crippen LogP contribution in [0.4, 0.5) is 0 Å². The summed E-state index contributed by atoms with van der Waals surface area (Å²) in [6.07, 6.45) is 1.19. The normalized spacial score (nSPS) is 30.4. The van der Waals surface area contributed by atoms with Gasteiger partial charge in [0.25, 0.3) is 0 Å². The standard InChI is InChI=1S/C18H30N4O2/c1-6-21(12(2)3)15(7-8-19)9-14-10-18(14)17(24)20-16(23)11-22(18)13(4)5/h12,14-16,23H,4,6-7,9-11H2,1-3,5H3,(H,20,24). The summed E-state index contributed by atoms with van der Waals surface area (Å²) >= 11 is 0. The first kappa shape index (κ1) is 18.8. The molecule has 2 aliphatic rings. The Kier molecular flexibility index (Phi) is 5.56. The predicted octanol–water partition coefficient (Wildman–Crippen LogP) is 1.43. The SMILES string of the molecule is C=C(C)N1CC(O)NC(=O)C12CC2CC(CC#N)N(CC)C(C)C. The first-order valence-electron chi connectivity index (χ1n) is 8.82. The van der Waals surface area contributed by atoms with E-state index in [1.165, 1.54) is 0 Å². The molecule has 6 nitrogen and oxygen atoms in total. The molecular formula is C18H30N4O2. The summed E-state index contributed by atoms with van der Waals surface area (Å²) in [5.41, 5.74) is 0.217. The molecule has 2 rings (SSSR count). The number of hydrogen-bond donors (Lipinski definition) is 2. The molecule has 24 heavy (non-hydrogen) atoms. The number of nitrogens with one attached hydrogen (secondary N) is 1. The lowest BCUT2D eigenvalue weighted by atomic mass is 9.98. The van der Waals surface area contributed by atoms with Crippen molar-refractivity contribution in [2.75, 3.05) is 13.1 Å². The highest BCUT2D eigenvalue weighted by Gasteiger charge is 2.65. The van der Waals surface area contributed by atoms with Crippen LogP contribution >= 0.6 is 0 Å². The average Bonchev–Trinajstić information content (AvgIpc) is 3.18. The summed E-state index contributed by atoms with van der Waals surface area (Å²) in [5, 5.41) is 21.7. The van der Waals surface area contributed by atoms with Crippen molar-refractivity contribution in [3.63, 3.8) is 0 Å². The lowest BCUT2D eigenvalue weighted by Crippen LogP contribution is -2.62. The third kappa shape index (κ3) is 3.28. The van der Waals surface area contributed by atoms with E-state index in [2.05, 4.69) is 43.6 Å². The second-order valence-electron chi connectivity index (χ2n) is 7.34. The zero-order valence-electron chi connectivity index (χ0n) is 15.2. The van der Waals surface area contributed by atoms with Crippen LogP contribution in [0.3, 0.4) is 0 Å². The number of carbonyl (C=O) groups excluding carboxylic acids is 1. The van der Waals surface area contributed by atoms with E-state index in [0.29, 0.717) is 19.0 Å². The molecule has 4 atom stereocenters. The summed E-state index contributed by atoms with van der Waals surface area (Å²) < 4.78 is 0. The fourth-order valence-corrected chi connectivity index (χ4v) is 4.30. The van der Waals surface area contributed by atoms with E-state index in [-0.39, 0.29) is 17.9 Å². The maximum Gasteiger partial charge on any atom is 0.248 e. The Morgan fingerprint density at radius 3 is 2.79 bits per heavy atom. The Balaban J connectivity index is 2.17. The summed E-state index contributed by atoms with van der Waals surface area (Å²) in [7, 11) is 0. The predicted molar refractivity (Wildman–Crippen MR) is 92.7 cm³/mol. The van der Waals surface area contributed by atoms with Gasteiger partial charge in [-0.2, -0.15) is 5.26 Å². The van der Waals surface area contributed by atoms with Crippen LogP contribution < -0.4 is 5.32 Å². The van der Waals surface area contributed by atoms with Crippen molar-refractivity contribution in [1.29, 1.82) is 5.26 Å². The van der Waals surface area contributed by atoms with Gasteiger partial charge < -0.3 is 15.3 Å². The van der Waals surface area contributed by atoms with E-state index in [4.69, 9.17) is 0 Å². The maximum absolute atomic E-state index is 12.6. The molecule has 1 aliphatic carbocycles. The van der Waals surface area contributed by atoms with Crippen LogP contribution in [0.1, 0.15) is 47.0 Å². The van der Waals surface area contributed by atoms with Crippen molar-refractivity contribution in [2.45, 2.75) is 70.8 Å². The van der Waals surface area contributed by atoms with Gasteiger partial charge in [-0.3, -0.25) is 9.69 Å². The van der Waals surface area contributed by atoms with E-state index in [1.807, 2.05) is 11.8 Å². The molecule has 1 saturated heterocycles. The van der Waals surface area contributed by atoms with Gasteiger partial charge in [-0.25, -0.2) is 0 Å². The third-order valence-electron chi connectivity index (χ3n) is 5.44. The molecule has 0 bridgehead atoms. The fourth-order valence-electron chi connectivity index (χ4n) is 4.30. The number of β-amino-alcohol motifs (C(OH)–C–C–N with tert-alkyl or cyclic N) is 1. The average molecular weight is 334 g/mol. The minimum Gasteiger partial charge on any atom is -0.372 e. The smallest absolute Gasteiger partial charge is 0.248 e. The molecule has 0 aromatic rings. The van der Waals surface area contributed by atoms with E-state index in [0.717, 1.165) is 25.1 Å². The van der Waals surface area contributed by atoms with Crippen LogP contribution in [-0.2, 0) is 4.79 Å². The van der Waals surface area contributed by atoms with Gasteiger partial charge in [-0.05, 0) is 46.1 Å². The van der Waals surface area contributed by atoms with Crippen molar-refractivity contribution in [2.24, 2.45) is 5.92 Å². The zero-order valence-corrected chi connectivity index (χ0v) is 15.2. The van der Waals surface area contributed by atoms with Gasteiger partial charge >= 0.3 is 0 Å². The molecule has 1 heterocycles. The van der Waals surface area contributed by atoms with Gasteiger partial charge in [-0.15, -0.1) is 0 Å². The number of piperazine rings is 1. The number of allylic oxidation sites excluding steroid dienone is 1. The first-order chi connectivity index (χ1) is 11.3. The van der Waals surface area contributed by atoms with Crippen molar-refractivity contribution >= 4 is 5.91 Å². The molecule has 4 unspecified atom stereocenters. The van der Waals surface area contributed by atoms with E-state index < -0.39 is 11.8 Å². The molecule has 2 fully saturated rings. The molecule has 2 N–H and O–H groups in total. The van der Waals surface area contributed by atoms with E-state index in [9.17, 15) is 15.2 Å². The van der Waals surface area contributed by atoms with Crippen LogP contribution in [0, 0.1) is 17.2 Å². The number of amides is 1. The molecular weight excluding hydrogens is 304 g/mol. The van der Waals surface area contributed by atoms with Gasteiger partial charge in [0.15, 0.2) is 0 Å². The van der Waals surface area contributed by atoms with Crippen LogP contribution in [-0.4, -0.2) is 57.8 Å². The van der Waals surface area contributed by atoms with Gasteiger partial charge in [0, 0.05) is 17.8 Å². The summed E-state index contributed by atoms with van der Waals surface area (Å²) in [4.78, 5) is 16.9. The largest absolute Gasteiger partial charge is 0.372 e. The van der Waals surface area contributed by atoms with Crippen molar-refractivity contribution in [3.05, 3.63) is 12.3 Å². The van der Waals surface area contributed by atoms with Gasteiger partial charge in [-0.1, -0.05) is 13.5 Å². The number of carbonyl (C=O) groups is 1. The Morgan fingerprint density at radius 1 is 1.62 bits per heavy atom. The van der Waals surface area contributed by atoms with Crippen molar-refractivity contribution < 1.29 is 9.90 Å². The maximum atomic E-state index is 12.6. The molecule has 134 valence electrons. The second kappa shape index (κ2) is 7.12. The molecule has 0 aromatic carbocycles. The highest BCUT2D eigenvalue weighted by atomic mass is 16.3. The molecule has 1 spiro atoms. The highest BCUT2D eigenvalue weighted by Crippen LogP contribution is 2.54. The Hall–Kier alpha value is -1.58. The molecule has 0 radical (unpaired) electrons. The number of aliphatic hydroxyl groups is 1. The lowest BCUT2D eigenvalue weighted by Gasteiger charge is -2.41. The topological polar surface area (TPSA) is 79.6 Å². The molecule has 6 heteroatoms. The highest BCUT2D eigenvalue weighted by molar-refractivity contribution is 5.91. The van der Waals surface area contributed by atoms with Gasteiger partial charge in [0.1, 0.15) is 11.8 Å². The number of rotatable bonds is 7. The second-order valence-corrected chi connectivity index (χ2v) is 7.34. The Labute approximate surface area is 145 Å². The molecule has 0 aromatic heterocycles. The Bertz CT molecular complexity index is 542. The monoisotopic (exact) mass is 334 g/mol. The van der Waals surface area contributed by atoms with Gasteiger partial charge in [0.2, 0.25) is 5.91 Å². The lowest BCUT2D eigenvalue weighted by molar-refractivity contribution is -0.137. The summed E-state index contributed by atoms with van der Waals surface area (Å²) in [5.74, 6) is 0.0744. The van der Waals surface area contributed by atoms with Gasteiger partial charge in [0.05, 0.1) is 19.0 Å². The first-order valence-corrected chi connectivity index (χ1v) is 8.82.